The third-order valence-corrected chi connectivity index (χ3v) is 4.18. The number of sulfonamides is 1. The van der Waals surface area contributed by atoms with Crippen LogP contribution in [0.2, 0.25) is 0 Å². The first-order valence-electron chi connectivity index (χ1n) is 5.82. The van der Waals surface area contributed by atoms with Gasteiger partial charge in [-0.15, -0.1) is 0 Å². The molecule has 1 aromatic carbocycles. The molecular formula is C12H20N2O3S. The van der Waals surface area contributed by atoms with Crippen molar-refractivity contribution < 1.29 is 13.2 Å². The minimum atomic E-state index is -3.44. The Morgan fingerprint density at radius 3 is 2.67 bits per heavy atom. The summed E-state index contributed by atoms with van der Waals surface area (Å²) in [6.45, 7) is 2.79. The van der Waals surface area contributed by atoms with Crippen molar-refractivity contribution >= 4 is 15.7 Å². The fourth-order valence-electron chi connectivity index (χ4n) is 1.63. The van der Waals surface area contributed by atoms with Crippen LogP contribution in [-0.4, -0.2) is 28.7 Å². The highest BCUT2D eigenvalue weighted by molar-refractivity contribution is 7.89. The van der Waals surface area contributed by atoms with E-state index in [0.29, 0.717) is 24.4 Å². The molecule has 0 saturated heterocycles. The minimum Gasteiger partial charge on any atom is -0.399 e. The van der Waals surface area contributed by atoms with Crippen molar-refractivity contribution in [2.45, 2.75) is 24.7 Å². The number of anilines is 1. The van der Waals surface area contributed by atoms with E-state index in [1.54, 1.807) is 26.2 Å². The van der Waals surface area contributed by atoms with E-state index in [1.165, 1.54) is 6.07 Å². The normalized spacial score (nSPS) is 11.7. The highest BCUT2D eigenvalue weighted by atomic mass is 32.2. The Balaban J connectivity index is 2.63. The molecule has 1 aromatic rings. The Morgan fingerprint density at radius 1 is 1.33 bits per heavy atom. The largest absolute Gasteiger partial charge is 0.399 e. The molecule has 0 aliphatic heterocycles. The summed E-state index contributed by atoms with van der Waals surface area (Å²) in [4.78, 5) is 0.281. The van der Waals surface area contributed by atoms with Gasteiger partial charge < -0.3 is 10.5 Å². The predicted molar refractivity (Wildman–Crippen MR) is 71.9 cm³/mol. The maximum absolute atomic E-state index is 12.0. The molecule has 18 heavy (non-hydrogen) atoms. The first-order chi connectivity index (χ1) is 8.47. The molecule has 0 aromatic heterocycles. The van der Waals surface area contributed by atoms with Crippen LogP contribution in [0.3, 0.4) is 0 Å². The lowest BCUT2D eigenvalue weighted by Gasteiger charge is -2.09. The average molecular weight is 272 g/mol. The molecular weight excluding hydrogens is 252 g/mol. The number of unbranched alkanes of at least 4 members (excludes halogenated alkanes) is 1. The predicted octanol–water partition coefficient (Wildman–Crippen LogP) is 1.28. The number of nitrogens with two attached hydrogens (primary N) is 1. The van der Waals surface area contributed by atoms with Crippen molar-refractivity contribution in [3.63, 3.8) is 0 Å². The van der Waals surface area contributed by atoms with E-state index in [2.05, 4.69) is 4.72 Å². The molecule has 5 nitrogen and oxygen atoms in total. The van der Waals surface area contributed by atoms with Gasteiger partial charge in [0.1, 0.15) is 0 Å². The third-order valence-electron chi connectivity index (χ3n) is 2.56. The summed E-state index contributed by atoms with van der Waals surface area (Å²) in [5.74, 6) is 0. The van der Waals surface area contributed by atoms with Gasteiger partial charge in [-0.05, 0) is 43.5 Å². The van der Waals surface area contributed by atoms with Gasteiger partial charge in [-0.25, -0.2) is 13.1 Å². The van der Waals surface area contributed by atoms with Crippen LogP contribution in [0.25, 0.3) is 0 Å². The smallest absolute Gasteiger partial charge is 0.240 e. The summed E-state index contributed by atoms with van der Waals surface area (Å²) < 4.78 is 31.5. The molecule has 3 N–H and O–H groups in total. The zero-order valence-corrected chi connectivity index (χ0v) is 11.6. The number of aryl methyl sites for hydroxylation is 1. The molecule has 0 heterocycles. The fourth-order valence-corrected chi connectivity index (χ4v) is 2.93. The average Bonchev–Trinajstić information content (AvgIpc) is 2.28. The molecule has 6 heteroatoms. The quantitative estimate of drug-likeness (QED) is 0.579. The Labute approximate surface area is 108 Å². The standard InChI is InChI=1S/C12H20N2O3S/c1-10-9-11(13)5-6-12(10)18(15,16)14-7-3-4-8-17-2/h5-6,9,14H,3-4,7-8,13H2,1-2H3. The van der Waals surface area contributed by atoms with Gasteiger partial charge in [0.2, 0.25) is 10.0 Å². The number of nitrogen functional groups attached to an aromatic ring is 1. The van der Waals surface area contributed by atoms with E-state index in [1.807, 2.05) is 0 Å². The molecule has 0 spiro atoms. The van der Waals surface area contributed by atoms with Crippen LogP contribution >= 0.6 is 0 Å². The van der Waals surface area contributed by atoms with Crippen LogP contribution < -0.4 is 10.5 Å². The summed E-state index contributed by atoms with van der Waals surface area (Å²) in [6, 6.07) is 4.77. The first-order valence-corrected chi connectivity index (χ1v) is 7.30. The van der Waals surface area contributed by atoms with Gasteiger partial charge in [-0.2, -0.15) is 0 Å². The zero-order chi connectivity index (χ0) is 13.6. The minimum absolute atomic E-state index is 0.281. The van der Waals surface area contributed by atoms with Crippen LogP contribution in [0.5, 0.6) is 0 Å². The highest BCUT2D eigenvalue weighted by Crippen LogP contribution is 2.17. The third kappa shape index (κ3) is 4.29. The molecule has 0 bridgehead atoms. The summed E-state index contributed by atoms with van der Waals surface area (Å²) in [6.07, 6.45) is 1.58. The van der Waals surface area contributed by atoms with Gasteiger partial charge in [0.15, 0.2) is 0 Å². The van der Waals surface area contributed by atoms with Crippen molar-refractivity contribution in [3.8, 4) is 0 Å². The number of nitrogens with one attached hydrogen (secondary N) is 1. The number of benzene rings is 1. The fraction of sp³-hybridized carbons (Fsp3) is 0.500. The molecule has 0 aliphatic carbocycles. The van der Waals surface area contributed by atoms with Crippen molar-refractivity contribution in [1.82, 2.24) is 4.72 Å². The van der Waals surface area contributed by atoms with Crippen molar-refractivity contribution in [3.05, 3.63) is 23.8 Å². The topological polar surface area (TPSA) is 81.4 Å². The summed E-state index contributed by atoms with van der Waals surface area (Å²) in [5, 5.41) is 0. The molecule has 0 fully saturated rings. The van der Waals surface area contributed by atoms with Gasteiger partial charge in [0.05, 0.1) is 4.90 Å². The van der Waals surface area contributed by atoms with E-state index in [4.69, 9.17) is 10.5 Å². The Kier molecular flexibility index (Phi) is 5.58. The van der Waals surface area contributed by atoms with E-state index >= 15 is 0 Å². The Hall–Kier alpha value is -1.11. The van der Waals surface area contributed by atoms with E-state index in [9.17, 15) is 8.42 Å². The van der Waals surface area contributed by atoms with Gasteiger partial charge in [-0.3, -0.25) is 0 Å². The van der Waals surface area contributed by atoms with Gasteiger partial charge in [0.25, 0.3) is 0 Å². The van der Waals surface area contributed by atoms with Crippen LogP contribution in [-0.2, 0) is 14.8 Å². The van der Waals surface area contributed by atoms with Crippen LogP contribution in [0.1, 0.15) is 18.4 Å². The number of rotatable bonds is 7. The number of ether oxygens (including phenoxy) is 1. The molecule has 0 amide bonds. The molecule has 0 saturated carbocycles. The van der Waals surface area contributed by atoms with Gasteiger partial charge >= 0.3 is 0 Å². The first kappa shape index (κ1) is 14.9. The molecule has 0 aliphatic rings. The second-order valence-corrected chi connectivity index (χ2v) is 5.86. The SMILES string of the molecule is COCCCCNS(=O)(=O)c1ccc(N)cc1C. The van der Waals surface area contributed by atoms with Gasteiger partial charge in [-0.1, -0.05) is 0 Å². The van der Waals surface area contributed by atoms with Gasteiger partial charge in [0, 0.05) is 25.9 Å². The molecule has 1 rings (SSSR count). The number of methoxy groups -OCH3 is 1. The molecule has 0 radical (unpaired) electrons. The molecule has 0 atom stereocenters. The Morgan fingerprint density at radius 2 is 2.06 bits per heavy atom. The molecule has 102 valence electrons. The lowest BCUT2D eigenvalue weighted by molar-refractivity contribution is 0.193. The maximum Gasteiger partial charge on any atom is 0.240 e. The van der Waals surface area contributed by atoms with Crippen LogP contribution in [0.15, 0.2) is 23.1 Å². The lowest BCUT2D eigenvalue weighted by Crippen LogP contribution is -2.25. The monoisotopic (exact) mass is 272 g/mol. The lowest BCUT2D eigenvalue weighted by atomic mass is 10.2. The van der Waals surface area contributed by atoms with Crippen LogP contribution in [0.4, 0.5) is 5.69 Å². The van der Waals surface area contributed by atoms with Crippen LogP contribution in [0, 0.1) is 6.92 Å². The molecule has 0 unspecified atom stereocenters. The van der Waals surface area contributed by atoms with E-state index < -0.39 is 10.0 Å². The van der Waals surface area contributed by atoms with E-state index in [0.717, 1.165) is 12.8 Å². The number of hydrogen-bond acceptors (Lipinski definition) is 4. The van der Waals surface area contributed by atoms with Crippen molar-refractivity contribution in [2.24, 2.45) is 0 Å². The van der Waals surface area contributed by atoms with E-state index in [-0.39, 0.29) is 4.90 Å². The van der Waals surface area contributed by atoms with Crippen molar-refractivity contribution in [1.29, 1.82) is 0 Å². The highest BCUT2D eigenvalue weighted by Gasteiger charge is 2.15. The summed E-state index contributed by atoms with van der Waals surface area (Å²) in [5.41, 5.74) is 6.81. The second-order valence-electron chi connectivity index (χ2n) is 4.12. The number of hydrogen-bond donors (Lipinski definition) is 2. The zero-order valence-electron chi connectivity index (χ0n) is 10.8. The Bertz CT molecular complexity index is 486. The summed E-state index contributed by atoms with van der Waals surface area (Å²) in [7, 11) is -1.81. The van der Waals surface area contributed by atoms with Crippen molar-refractivity contribution in [2.75, 3.05) is 26.0 Å². The summed E-state index contributed by atoms with van der Waals surface area (Å²) >= 11 is 0. The second kappa shape index (κ2) is 6.72. The maximum atomic E-state index is 12.0.